The lowest BCUT2D eigenvalue weighted by Gasteiger charge is -2.12. The lowest BCUT2D eigenvalue weighted by molar-refractivity contribution is 0.190. The van der Waals surface area contributed by atoms with Crippen molar-refractivity contribution in [3.63, 3.8) is 0 Å². The van der Waals surface area contributed by atoms with Crippen LogP contribution >= 0.6 is 11.6 Å². The summed E-state index contributed by atoms with van der Waals surface area (Å²) in [5, 5.41) is 3.54. The summed E-state index contributed by atoms with van der Waals surface area (Å²) in [5.74, 6) is 0.541. The van der Waals surface area contributed by atoms with Crippen LogP contribution in [0.3, 0.4) is 0 Å². The highest BCUT2D eigenvalue weighted by Gasteiger charge is 2.04. The molecular weight excluding hydrogens is 202 g/mol. The van der Waals surface area contributed by atoms with Crippen LogP contribution in [0.5, 0.6) is 0 Å². The fraction of sp³-hybridized carbons (Fsp3) is 0.556. The van der Waals surface area contributed by atoms with Crippen LogP contribution in [0.1, 0.15) is 12.6 Å². The van der Waals surface area contributed by atoms with Crippen molar-refractivity contribution in [2.75, 3.05) is 19.0 Å². The van der Waals surface area contributed by atoms with E-state index in [0.717, 1.165) is 5.69 Å². The molecule has 0 aliphatic carbocycles. The van der Waals surface area contributed by atoms with Crippen molar-refractivity contribution in [1.82, 2.24) is 9.97 Å². The first-order valence-corrected chi connectivity index (χ1v) is 4.76. The third-order valence-electron chi connectivity index (χ3n) is 1.62. The van der Waals surface area contributed by atoms with Gasteiger partial charge in [-0.25, -0.2) is 9.97 Å². The number of nitrogens with zero attached hydrogens (tertiary/aromatic N) is 2. The maximum Gasteiger partial charge on any atom is 0.224 e. The summed E-state index contributed by atoms with van der Waals surface area (Å²) in [7, 11) is 1.66. The highest BCUT2D eigenvalue weighted by molar-refractivity contribution is 6.29. The Bertz CT molecular complexity index is 286. The highest BCUT2D eigenvalue weighted by Crippen LogP contribution is 2.10. The van der Waals surface area contributed by atoms with E-state index in [9.17, 15) is 0 Å². The van der Waals surface area contributed by atoms with Crippen LogP contribution in [0, 0.1) is 6.92 Å². The van der Waals surface area contributed by atoms with E-state index in [-0.39, 0.29) is 6.04 Å². The number of hydrogen-bond acceptors (Lipinski definition) is 4. The number of hydrogen-bond donors (Lipinski definition) is 1. The monoisotopic (exact) mass is 215 g/mol. The van der Waals surface area contributed by atoms with Gasteiger partial charge in [0.1, 0.15) is 5.15 Å². The largest absolute Gasteiger partial charge is 0.383 e. The molecule has 0 amide bonds. The first-order chi connectivity index (χ1) is 6.61. The van der Waals surface area contributed by atoms with Gasteiger partial charge in [0.2, 0.25) is 5.95 Å². The lowest BCUT2D eigenvalue weighted by atomic mass is 10.4. The van der Waals surface area contributed by atoms with Crippen LogP contribution in [0.2, 0.25) is 5.15 Å². The number of aromatic nitrogens is 2. The second-order valence-corrected chi connectivity index (χ2v) is 3.54. The normalized spacial score (nSPS) is 12.6. The van der Waals surface area contributed by atoms with Gasteiger partial charge in [-0.05, 0) is 19.9 Å². The van der Waals surface area contributed by atoms with Gasteiger partial charge in [0.25, 0.3) is 0 Å². The number of nitrogens with one attached hydrogen (secondary N) is 1. The molecule has 14 heavy (non-hydrogen) atoms. The molecule has 1 heterocycles. The minimum atomic E-state index is 0.165. The Kier molecular flexibility index (Phi) is 4.10. The topological polar surface area (TPSA) is 47.0 Å². The fourth-order valence-corrected chi connectivity index (χ4v) is 1.34. The van der Waals surface area contributed by atoms with Crippen molar-refractivity contribution >= 4 is 17.5 Å². The van der Waals surface area contributed by atoms with E-state index >= 15 is 0 Å². The Morgan fingerprint density at radius 2 is 2.29 bits per heavy atom. The maximum atomic E-state index is 5.79. The molecule has 0 aromatic carbocycles. The van der Waals surface area contributed by atoms with Gasteiger partial charge in [0.05, 0.1) is 6.61 Å². The second-order valence-electron chi connectivity index (χ2n) is 3.16. The first kappa shape index (κ1) is 11.2. The summed E-state index contributed by atoms with van der Waals surface area (Å²) >= 11 is 5.79. The van der Waals surface area contributed by atoms with Crippen molar-refractivity contribution in [1.29, 1.82) is 0 Å². The number of ether oxygens (including phenoxy) is 1. The molecule has 1 rings (SSSR count). The second kappa shape index (κ2) is 5.12. The molecule has 1 aromatic rings. The van der Waals surface area contributed by atoms with E-state index in [0.29, 0.717) is 17.7 Å². The predicted octanol–water partition coefficient (Wildman–Crippen LogP) is 1.89. The van der Waals surface area contributed by atoms with E-state index < -0.39 is 0 Å². The van der Waals surface area contributed by atoms with Crippen molar-refractivity contribution in [2.45, 2.75) is 19.9 Å². The van der Waals surface area contributed by atoms with Crippen molar-refractivity contribution < 1.29 is 4.74 Å². The number of halogens is 1. The van der Waals surface area contributed by atoms with Gasteiger partial charge in [0.15, 0.2) is 0 Å². The lowest BCUT2D eigenvalue weighted by Crippen LogP contribution is -2.22. The van der Waals surface area contributed by atoms with E-state index in [1.165, 1.54) is 0 Å². The number of rotatable bonds is 4. The zero-order chi connectivity index (χ0) is 10.6. The minimum Gasteiger partial charge on any atom is -0.383 e. The first-order valence-electron chi connectivity index (χ1n) is 4.38. The Balaban J connectivity index is 2.66. The molecular formula is C9H14ClN3O. The average Bonchev–Trinajstić information content (AvgIpc) is 2.01. The molecule has 4 nitrogen and oxygen atoms in total. The predicted molar refractivity (Wildman–Crippen MR) is 56.7 cm³/mol. The third-order valence-corrected chi connectivity index (χ3v) is 1.81. The van der Waals surface area contributed by atoms with Gasteiger partial charge in [0, 0.05) is 18.8 Å². The van der Waals surface area contributed by atoms with Gasteiger partial charge in [-0.2, -0.15) is 0 Å². The molecule has 1 atom stereocenters. The van der Waals surface area contributed by atoms with Gasteiger partial charge in [-0.1, -0.05) is 11.6 Å². The van der Waals surface area contributed by atoms with E-state index in [4.69, 9.17) is 16.3 Å². The molecule has 0 spiro atoms. The Labute approximate surface area is 88.7 Å². The summed E-state index contributed by atoms with van der Waals surface area (Å²) in [5.41, 5.74) is 0.845. The van der Waals surface area contributed by atoms with Crippen LogP contribution in [-0.4, -0.2) is 29.7 Å². The fourth-order valence-electron chi connectivity index (χ4n) is 1.11. The standard InChI is InChI=1S/C9H14ClN3O/c1-6-4-8(10)13-9(11-6)12-7(2)5-14-3/h4,7H,5H2,1-3H3,(H,11,12,13). The molecule has 0 saturated carbocycles. The summed E-state index contributed by atoms with van der Waals surface area (Å²) in [4.78, 5) is 8.24. The minimum absolute atomic E-state index is 0.165. The molecule has 1 N–H and O–H groups in total. The van der Waals surface area contributed by atoms with Gasteiger partial charge in [-0.3, -0.25) is 0 Å². The molecule has 0 bridgehead atoms. The maximum absolute atomic E-state index is 5.79. The van der Waals surface area contributed by atoms with E-state index in [1.54, 1.807) is 13.2 Å². The summed E-state index contributed by atoms with van der Waals surface area (Å²) in [6, 6.07) is 1.88. The summed E-state index contributed by atoms with van der Waals surface area (Å²) in [6.07, 6.45) is 0. The van der Waals surface area contributed by atoms with Crippen molar-refractivity contribution in [2.24, 2.45) is 0 Å². The van der Waals surface area contributed by atoms with Gasteiger partial charge in [-0.15, -0.1) is 0 Å². The van der Waals surface area contributed by atoms with E-state index in [2.05, 4.69) is 15.3 Å². The van der Waals surface area contributed by atoms with Crippen LogP contribution < -0.4 is 5.32 Å². The van der Waals surface area contributed by atoms with Crippen LogP contribution in [0.4, 0.5) is 5.95 Å². The molecule has 0 saturated heterocycles. The molecule has 78 valence electrons. The number of methoxy groups -OCH3 is 1. The SMILES string of the molecule is COCC(C)Nc1nc(C)cc(Cl)n1. The summed E-state index contributed by atoms with van der Waals surface area (Å²) in [6.45, 7) is 4.47. The Morgan fingerprint density at radius 3 is 2.86 bits per heavy atom. The smallest absolute Gasteiger partial charge is 0.224 e. The molecule has 5 heteroatoms. The Hall–Kier alpha value is -0.870. The number of aryl methyl sites for hydroxylation is 1. The van der Waals surface area contributed by atoms with Crippen LogP contribution in [-0.2, 0) is 4.74 Å². The van der Waals surface area contributed by atoms with Crippen molar-refractivity contribution in [3.05, 3.63) is 16.9 Å². The number of anilines is 1. The van der Waals surface area contributed by atoms with Gasteiger partial charge < -0.3 is 10.1 Å². The molecule has 0 radical (unpaired) electrons. The summed E-state index contributed by atoms with van der Waals surface area (Å²) < 4.78 is 4.99. The molecule has 0 aliphatic heterocycles. The van der Waals surface area contributed by atoms with Gasteiger partial charge >= 0.3 is 0 Å². The van der Waals surface area contributed by atoms with Crippen LogP contribution in [0.25, 0.3) is 0 Å². The zero-order valence-corrected chi connectivity index (χ0v) is 9.30. The Morgan fingerprint density at radius 1 is 1.57 bits per heavy atom. The molecule has 1 unspecified atom stereocenters. The average molecular weight is 216 g/mol. The van der Waals surface area contributed by atoms with E-state index in [1.807, 2.05) is 13.8 Å². The molecule has 1 aromatic heterocycles. The highest BCUT2D eigenvalue weighted by atomic mass is 35.5. The molecule has 0 aliphatic rings. The molecule has 0 fully saturated rings. The van der Waals surface area contributed by atoms with Crippen molar-refractivity contribution in [3.8, 4) is 0 Å². The zero-order valence-electron chi connectivity index (χ0n) is 8.54. The van der Waals surface area contributed by atoms with Crippen LogP contribution in [0.15, 0.2) is 6.07 Å². The third kappa shape index (κ3) is 3.47. The quantitative estimate of drug-likeness (QED) is 0.780.